The van der Waals surface area contributed by atoms with Crippen molar-refractivity contribution in [2.45, 2.75) is 26.0 Å². The largest absolute Gasteiger partial charge is 0.491 e. The first-order valence-corrected chi connectivity index (χ1v) is 6.41. The van der Waals surface area contributed by atoms with Crippen molar-refractivity contribution < 1.29 is 4.74 Å². The molecule has 0 aliphatic heterocycles. The van der Waals surface area contributed by atoms with Crippen molar-refractivity contribution in [3.63, 3.8) is 0 Å². The fourth-order valence-corrected chi connectivity index (χ4v) is 2.04. The fraction of sp³-hybridized carbons (Fsp3) is 0.333. The van der Waals surface area contributed by atoms with Crippen LogP contribution in [0.2, 0.25) is 0 Å². The molecule has 1 unspecified atom stereocenters. The number of benzene rings is 1. The highest BCUT2D eigenvalue weighted by atomic mass is 16.5. The summed E-state index contributed by atoms with van der Waals surface area (Å²) in [5, 5.41) is 11.0. The number of aromatic nitrogens is 2. The lowest BCUT2D eigenvalue weighted by Gasteiger charge is -2.18. The molecule has 4 heteroatoms. The van der Waals surface area contributed by atoms with E-state index in [-0.39, 0.29) is 12.1 Å². The van der Waals surface area contributed by atoms with Gasteiger partial charge in [0.15, 0.2) is 0 Å². The molecule has 0 saturated heterocycles. The molecular weight excluding hydrogens is 238 g/mol. The van der Waals surface area contributed by atoms with E-state index in [1.807, 2.05) is 39.1 Å². The lowest BCUT2D eigenvalue weighted by molar-refractivity contribution is 0.242. The van der Waals surface area contributed by atoms with Crippen molar-refractivity contribution in [3.05, 3.63) is 53.9 Å². The molecule has 0 aliphatic rings. The summed E-state index contributed by atoms with van der Waals surface area (Å²) in [6.07, 6.45) is 3.65. The highest BCUT2D eigenvalue weighted by molar-refractivity contribution is 5.35. The zero-order chi connectivity index (χ0) is 13.7. The molecule has 1 atom stereocenters. The van der Waals surface area contributed by atoms with E-state index in [1.54, 1.807) is 12.4 Å². The Labute approximate surface area is 113 Å². The summed E-state index contributed by atoms with van der Waals surface area (Å²) in [6.45, 7) is 4.05. The van der Waals surface area contributed by atoms with Gasteiger partial charge in [-0.05, 0) is 50.2 Å². The summed E-state index contributed by atoms with van der Waals surface area (Å²) in [5.74, 6) is 0.884. The zero-order valence-electron chi connectivity index (χ0n) is 11.5. The molecule has 2 aromatic rings. The monoisotopic (exact) mass is 257 g/mol. The zero-order valence-corrected chi connectivity index (χ0v) is 11.5. The van der Waals surface area contributed by atoms with Crippen LogP contribution >= 0.6 is 0 Å². The number of nitrogens with one attached hydrogen (secondary N) is 1. The first-order chi connectivity index (χ1) is 9.20. The highest BCUT2D eigenvalue weighted by Crippen LogP contribution is 2.24. The standard InChI is InChI=1S/C15H19N3O/c1-11(2)19-14-6-4-5-12(9-14)15(16-3)13-7-8-17-18-10-13/h4-11,15-16H,1-3H3. The van der Waals surface area contributed by atoms with Crippen LogP contribution in [0.3, 0.4) is 0 Å². The quantitative estimate of drug-likeness (QED) is 0.894. The van der Waals surface area contributed by atoms with Gasteiger partial charge in [-0.15, -0.1) is 0 Å². The topological polar surface area (TPSA) is 47.0 Å². The van der Waals surface area contributed by atoms with Gasteiger partial charge < -0.3 is 10.1 Å². The van der Waals surface area contributed by atoms with Crippen molar-refractivity contribution in [2.24, 2.45) is 0 Å². The Morgan fingerprint density at radius 1 is 1.11 bits per heavy atom. The van der Waals surface area contributed by atoms with Gasteiger partial charge in [0.1, 0.15) is 5.75 Å². The second kappa shape index (κ2) is 6.29. The van der Waals surface area contributed by atoms with Crippen LogP contribution in [-0.4, -0.2) is 23.3 Å². The fourth-order valence-electron chi connectivity index (χ4n) is 2.04. The molecule has 4 nitrogen and oxygen atoms in total. The third-order valence-electron chi connectivity index (χ3n) is 2.79. The van der Waals surface area contributed by atoms with Gasteiger partial charge >= 0.3 is 0 Å². The molecule has 0 bridgehead atoms. The van der Waals surface area contributed by atoms with E-state index in [0.29, 0.717) is 0 Å². The average Bonchev–Trinajstić information content (AvgIpc) is 2.40. The van der Waals surface area contributed by atoms with E-state index in [0.717, 1.165) is 16.9 Å². The van der Waals surface area contributed by atoms with Crippen molar-refractivity contribution in [1.82, 2.24) is 15.5 Å². The minimum absolute atomic E-state index is 0.0891. The molecule has 0 amide bonds. The second-order valence-electron chi connectivity index (χ2n) is 4.64. The Bertz CT molecular complexity index is 514. The minimum atomic E-state index is 0.0891. The van der Waals surface area contributed by atoms with Gasteiger partial charge in [0.05, 0.1) is 18.3 Å². The molecule has 100 valence electrons. The average molecular weight is 257 g/mol. The van der Waals surface area contributed by atoms with E-state index in [2.05, 4.69) is 27.6 Å². The number of rotatable bonds is 5. The molecule has 0 aliphatic carbocycles. The van der Waals surface area contributed by atoms with Gasteiger partial charge in [-0.1, -0.05) is 12.1 Å². The first kappa shape index (κ1) is 13.5. The number of hydrogen-bond acceptors (Lipinski definition) is 4. The van der Waals surface area contributed by atoms with Crippen LogP contribution < -0.4 is 10.1 Å². The smallest absolute Gasteiger partial charge is 0.120 e. The summed E-state index contributed by atoms with van der Waals surface area (Å²) in [6, 6.07) is 10.2. The van der Waals surface area contributed by atoms with Crippen LogP contribution in [0.15, 0.2) is 42.7 Å². The lowest BCUT2D eigenvalue weighted by atomic mass is 10.0. The molecule has 19 heavy (non-hydrogen) atoms. The first-order valence-electron chi connectivity index (χ1n) is 6.41. The van der Waals surface area contributed by atoms with Crippen molar-refractivity contribution in [1.29, 1.82) is 0 Å². The molecule has 1 aromatic heterocycles. The van der Waals surface area contributed by atoms with Crippen molar-refractivity contribution in [2.75, 3.05) is 7.05 Å². The summed E-state index contributed by atoms with van der Waals surface area (Å²) < 4.78 is 5.73. The molecular formula is C15H19N3O. The maximum absolute atomic E-state index is 5.73. The summed E-state index contributed by atoms with van der Waals surface area (Å²) in [5.41, 5.74) is 2.23. The number of hydrogen-bond donors (Lipinski definition) is 1. The van der Waals surface area contributed by atoms with Crippen LogP contribution in [0.1, 0.15) is 31.0 Å². The maximum Gasteiger partial charge on any atom is 0.120 e. The molecule has 0 radical (unpaired) electrons. The minimum Gasteiger partial charge on any atom is -0.491 e. The van der Waals surface area contributed by atoms with Crippen LogP contribution in [0, 0.1) is 0 Å². The Hall–Kier alpha value is -1.94. The van der Waals surface area contributed by atoms with Gasteiger partial charge in [0, 0.05) is 6.20 Å². The predicted octanol–water partition coefficient (Wildman–Crippen LogP) is 2.57. The molecule has 0 spiro atoms. The van der Waals surface area contributed by atoms with Gasteiger partial charge in [-0.25, -0.2) is 0 Å². The molecule has 1 heterocycles. The third-order valence-corrected chi connectivity index (χ3v) is 2.79. The van der Waals surface area contributed by atoms with Crippen LogP contribution in [-0.2, 0) is 0 Å². The van der Waals surface area contributed by atoms with Crippen molar-refractivity contribution in [3.8, 4) is 5.75 Å². The van der Waals surface area contributed by atoms with E-state index in [1.165, 1.54) is 0 Å². The molecule has 1 N–H and O–H groups in total. The molecule has 0 saturated carbocycles. The van der Waals surface area contributed by atoms with E-state index < -0.39 is 0 Å². The normalized spacial score (nSPS) is 12.4. The molecule has 1 aromatic carbocycles. The van der Waals surface area contributed by atoms with E-state index in [4.69, 9.17) is 4.74 Å². The van der Waals surface area contributed by atoms with Gasteiger partial charge in [0.25, 0.3) is 0 Å². The summed E-state index contributed by atoms with van der Waals surface area (Å²) in [7, 11) is 1.93. The van der Waals surface area contributed by atoms with E-state index in [9.17, 15) is 0 Å². The highest BCUT2D eigenvalue weighted by Gasteiger charge is 2.13. The van der Waals surface area contributed by atoms with Crippen molar-refractivity contribution >= 4 is 0 Å². The maximum atomic E-state index is 5.73. The number of nitrogens with zero attached hydrogens (tertiary/aromatic N) is 2. The Morgan fingerprint density at radius 2 is 1.95 bits per heavy atom. The van der Waals surface area contributed by atoms with Crippen LogP contribution in [0.5, 0.6) is 5.75 Å². The SMILES string of the molecule is CNC(c1ccnnc1)c1cccc(OC(C)C)c1. The van der Waals surface area contributed by atoms with Gasteiger partial charge in [0.2, 0.25) is 0 Å². The predicted molar refractivity (Wildman–Crippen MR) is 75.1 cm³/mol. The van der Waals surface area contributed by atoms with E-state index >= 15 is 0 Å². The van der Waals surface area contributed by atoms with Gasteiger partial charge in [-0.3, -0.25) is 0 Å². The Balaban J connectivity index is 2.28. The Kier molecular flexibility index (Phi) is 4.47. The number of ether oxygens (including phenoxy) is 1. The second-order valence-corrected chi connectivity index (χ2v) is 4.64. The summed E-state index contributed by atoms with van der Waals surface area (Å²) >= 11 is 0. The van der Waals surface area contributed by atoms with Crippen LogP contribution in [0.4, 0.5) is 0 Å². The lowest BCUT2D eigenvalue weighted by Crippen LogP contribution is -2.18. The third kappa shape index (κ3) is 3.51. The van der Waals surface area contributed by atoms with Crippen LogP contribution in [0.25, 0.3) is 0 Å². The molecule has 2 rings (SSSR count). The summed E-state index contributed by atoms with van der Waals surface area (Å²) in [4.78, 5) is 0. The Morgan fingerprint density at radius 3 is 2.58 bits per heavy atom. The van der Waals surface area contributed by atoms with Gasteiger partial charge in [-0.2, -0.15) is 10.2 Å². The molecule has 0 fully saturated rings.